The minimum Gasteiger partial charge on any atom is -0.469 e. The second-order valence-corrected chi connectivity index (χ2v) is 5.90. The fraction of sp³-hybridized carbons (Fsp3) is 0.500. The highest BCUT2D eigenvalue weighted by Crippen LogP contribution is 2.28. The van der Waals surface area contributed by atoms with Crippen LogP contribution in [0, 0.1) is 5.92 Å². The molecule has 2 aromatic rings. The normalized spacial score (nSPS) is 12.5. The Bertz CT molecular complexity index is 543. The van der Waals surface area contributed by atoms with Gasteiger partial charge in [-0.05, 0) is 36.6 Å². The third-order valence-corrected chi connectivity index (χ3v) is 4.01. The van der Waals surface area contributed by atoms with Crippen molar-refractivity contribution in [3.8, 4) is 0 Å². The molecule has 0 radical (unpaired) electrons. The summed E-state index contributed by atoms with van der Waals surface area (Å²) in [5.41, 5.74) is 0. The largest absolute Gasteiger partial charge is 0.469 e. The lowest BCUT2D eigenvalue weighted by atomic mass is 9.90. The summed E-state index contributed by atoms with van der Waals surface area (Å²) in [4.78, 5) is 14.0. The van der Waals surface area contributed by atoms with Gasteiger partial charge in [-0.15, -0.1) is 0 Å². The van der Waals surface area contributed by atoms with Gasteiger partial charge in [-0.1, -0.05) is 20.8 Å². The van der Waals surface area contributed by atoms with E-state index in [1.54, 1.807) is 12.5 Å². The molecule has 1 atom stereocenters. The number of hydrogen-bond donors (Lipinski definition) is 0. The maximum atomic E-state index is 12.2. The van der Waals surface area contributed by atoms with Crippen molar-refractivity contribution in [2.75, 3.05) is 6.54 Å². The Labute approximate surface area is 132 Å². The summed E-state index contributed by atoms with van der Waals surface area (Å²) in [7, 11) is 0. The number of amides is 1. The van der Waals surface area contributed by atoms with Gasteiger partial charge in [-0.3, -0.25) is 4.79 Å². The maximum absolute atomic E-state index is 12.2. The lowest BCUT2D eigenvalue weighted by Crippen LogP contribution is -2.32. The van der Waals surface area contributed by atoms with Gasteiger partial charge in [0.05, 0.1) is 19.1 Å². The Morgan fingerprint density at radius 2 is 1.91 bits per heavy atom. The van der Waals surface area contributed by atoms with Crippen LogP contribution in [0.5, 0.6) is 0 Å². The van der Waals surface area contributed by atoms with Gasteiger partial charge in [-0.2, -0.15) is 0 Å². The van der Waals surface area contributed by atoms with Crippen molar-refractivity contribution in [3.63, 3.8) is 0 Å². The molecule has 0 aliphatic carbocycles. The SMILES string of the molecule is CCC(=O)N(CC[C@@H](c1ccco1)C(C)C)Cc1ccco1. The first-order valence-corrected chi connectivity index (χ1v) is 7.95. The van der Waals surface area contributed by atoms with Crippen molar-refractivity contribution >= 4 is 5.91 Å². The molecule has 0 aromatic carbocycles. The first kappa shape index (κ1) is 16.4. The zero-order chi connectivity index (χ0) is 15.9. The number of hydrogen-bond acceptors (Lipinski definition) is 3. The summed E-state index contributed by atoms with van der Waals surface area (Å²) in [6, 6.07) is 7.69. The molecule has 120 valence electrons. The van der Waals surface area contributed by atoms with E-state index < -0.39 is 0 Å². The summed E-state index contributed by atoms with van der Waals surface area (Å²) in [6.07, 6.45) is 4.75. The standard InChI is InChI=1S/C18H25NO3/c1-4-18(20)19(13-15-7-5-11-21-15)10-9-16(14(2)3)17-8-6-12-22-17/h5-8,11-12,14,16H,4,9-10,13H2,1-3H3/t16-/m1/s1. The molecule has 2 aromatic heterocycles. The van der Waals surface area contributed by atoms with Crippen LogP contribution in [0.25, 0.3) is 0 Å². The van der Waals surface area contributed by atoms with Gasteiger partial charge in [0.2, 0.25) is 5.91 Å². The van der Waals surface area contributed by atoms with E-state index in [9.17, 15) is 4.79 Å². The highest BCUT2D eigenvalue weighted by Gasteiger charge is 2.21. The maximum Gasteiger partial charge on any atom is 0.222 e. The fourth-order valence-electron chi connectivity index (χ4n) is 2.71. The van der Waals surface area contributed by atoms with Crippen LogP contribution in [0.1, 0.15) is 51.1 Å². The van der Waals surface area contributed by atoms with Gasteiger partial charge in [0.15, 0.2) is 0 Å². The first-order chi connectivity index (χ1) is 10.6. The summed E-state index contributed by atoms with van der Waals surface area (Å²) >= 11 is 0. The second kappa shape index (κ2) is 7.87. The zero-order valence-electron chi connectivity index (χ0n) is 13.6. The molecular weight excluding hydrogens is 278 g/mol. The van der Waals surface area contributed by atoms with Crippen LogP contribution >= 0.6 is 0 Å². The van der Waals surface area contributed by atoms with Crippen molar-refractivity contribution in [2.45, 2.75) is 46.1 Å². The summed E-state index contributed by atoms with van der Waals surface area (Å²) in [5, 5.41) is 0. The Hall–Kier alpha value is -1.97. The smallest absolute Gasteiger partial charge is 0.222 e. The van der Waals surface area contributed by atoms with E-state index in [2.05, 4.69) is 13.8 Å². The first-order valence-electron chi connectivity index (χ1n) is 7.95. The highest BCUT2D eigenvalue weighted by molar-refractivity contribution is 5.75. The molecule has 0 aliphatic heterocycles. The lowest BCUT2D eigenvalue weighted by Gasteiger charge is -2.25. The Balaban J connectivity index is 2.01. The summed E-state index contributed by atoms with van der Waals surface area (Å²) in [5.74, 6) is 2.75. The number of carbonyl (C=O) groups excluding carboxylic acids is 1. The van der Waals surface area contributed by atoms with Crippen LogP contribution in [0.15, 0.2) is 45.6 Å². The quantitative estimate of drug-likeness (QED) is 0.724. The van der Waals surface area contributed by atoms with Gasteiger partial charge >= 0.3 is 0 Å². The molecule has 0 unspecified atom stereocenters. The second-order valence-electron chi connectivity index (χ2n) is 5.90. The van der Waals surface area contributed by atoms with Gasteiger partial charge in [-0.25, -0.2) is 0 Å². The highest BCUT2D eigenvalue weighted by atomic mass is 16.3. The fourth-order valence-corrected chi connectivity index (χ4v) is 2.71. The van der Waals surface area contributed by atoms with E-state index >= 15 is 0 Å². The molecule has 4 heteroatoms. The molecule has 22 heavy (non-hydrogen) atoms. The predicted octanol–water partition coefficient (Wildman–Crippen LogP) is 4.44. The average molecular weight is 303 g/mol. The van der Waals surface area contributed by atoms with Gasteiger partial charge in [0.1, 0.15) is 11.5 Å². The van der Waals surface area contributed by atoms with Crippen molar-refractivity contribution in [1.29, 1.82) is 0 Å². The molecule has 4 nitrogen and oxygen atoms in total. The molecule has 2 rings (SSSR count). The molecule has 0 saturated heterocycles. The number of furan rings is 2. The van der Waals surface area contributed by atoms with E-state index in [4.69, 9.17) is 8.83 Å². The van der Waals surface area contributed by atoms with Crippen LogP contribution in [-0.4, -0.2) is 17.4 Å². The van der Waals surface area contributed by atoms with Crippen molar-refractivity contribution < 1.29 is 13.6 Å². The number of nitrogens with zero attached hydrogens (tertiary/aromatic N) is 1. The molecule has 0 saturated carbocycles. The molecular formula is C18H25NO3. The minimum absolute atomic E-state index is 0.151. The molecule has 1 amide bonds. The Morgan fingerprint density at radius 1 is 1.18 bits per heavy atom. The van der Waals surface area contributed by atoms with Gasteiger partial charge < -0.3 is 13.7 Å². The van der Waals surface area contributed by atoms with Crippen LogP contribution in [0.4, 0.5) is 0 Å². The monoisotopic (exact) mass is 303 g/mol. The Kier molecular flexibility index (Phi) is 5.87. The van der Waals surface area contributed by atoms with E-state index in [-0.39, 0.29) is 5.91 Å². The third kappa shape index (κ3) is 4.26. The van der Waals surface area contributed by atoms with Crippen molar-refractivity contribution in [3.05, 3.63) is 48.3 Å². The molecule has 0 aliphatic rings. The third-order valence-electron chi connectivity index (χ3n) is 4.01. The van der Waals surface area contributed by atoms with E-state index in [0.29, 0.717) is 31.3 Å². The molecule has 0 fully saturated rings. The number of carbonyl (C=O) groups is 1. The summed E-state index contributed by atoms with van der Waals surface area (Å²) < 4.78 is 10.9. The van der Waals surface area contributed by atoms with Gasteiger partial charge in [0.25, 0.3) is 0 Å². The number of rotatable bonds is 8. The van der Waals surface area contributed by atoms with Crippen LogP contribution in [0.3, 0.4) is 0 Å². The zero-order valence-corrected chi connectivity index (χ0v) is 13.6. The van der Waals surface area contributed by atoms with E-state index in [1.165, 1.54) is 0 Å². The topological polar surface area (TPSA) is 46.6 Å². The lowest BCUT2D eigenvalue weighted by molar-refractivity contribution is -0.131. The molecule has 0 bridgehead atoms. The molecule has 0 spiro atoms. The van der Waals surface area contributed by atoms with Crippen LogP contribution in [0.2, 0.25) is 0 Å². The minimum atomic E-state index is 0.151. The summed E-state index contributed by atoms with van der Waals surface area (Å²) in [6.45, 7) is 7.50. The van der Waals surface area contributed by atoms with E-state index in [1.807, 2.05) is 36.1 Å². The van der Waals surface area contributed by atoms with Crippen molar-refractivity contribution in [2.24, 2.45) is 5.92 Å². The van der Waals surface area contributed by atoms with Crippen molar-refractivity contribution in [1.82, 2.24) is 4.90 Å². The molecule has 0 N–H and O–H groups in total. The Morgan fingerprint density at radius 3 is 2.45 bits per heavy atom. The van der Waals surface area contributed by atoms with Crippen LogP contribution < -0.4 is 0 Å². The van der Waals surface area contributed by atoms with Crippen LogP contribution in [-0.2, 0) is 11.3 Å². The van der Waals surface area contributed by atoms with E-state index in [0.717, 1.165) is 17.9 Å². The average Bonchev–Trinajstić information content (AvgIpc) is 3.18. The predicted molar refractivity (Wildman–Crippen MR) is 85.3 cm³/mol. The molecule has 2 heterocycles. The van der Waals surface area contributed by atoms with Gasteiger partial charge in [0, 0.05) is 18.9 Å².